The number of rotatable bonds is 6. The average Bonchev–Trinajstić information content (AvgIpc) is 2.36. The van der Waals surface area contributed by atoms with Crippen molar-refractivity contribution in [3.8, 4) is 0 Å². The largest absolute Gasteiger partial charge is 0.396 e. The molecule has 3 atom stereocenters. The van der Waals surface area contributed by atoms with Crippen LogP contribution in [0.1, 0.15) is 52.6 Å². The number of aliphatic hydroxyl groups excluding tert-OH is 1. The lowest BCUT2D eigenvalue weighted by molar-refractivity contribution is 0.191. The summed E-state index contributed by atoms with van der Waals surface area (Å²) in [6, 6.07) is 11.2. The molecule has 3 unspecified atom stereocenters. The van der Waals surface area contributed by atoms with E-state index < -0.39 is 0 Å². The Kier molecular flexibility index (Phi) is 6.02. The van der Waals surface area contributed by atoms with Crippen molar-refractivity contribution in [1.82, 2.24) is 5.32 Å². The third-order valence-electron chi connectivity index (χ3n) is 3.62. The summed E-state index contributed by atoms with van der Waals surface area (Å²) in [7, 11) is 0. The molecule has 1 aromatic carbocycles. The lowest BCUT2D eigenvalue weighted by Gasteiger charge is -2.31. The van der Waals surface area contributed by atoms with Gasteiger partial charge in [0.05, 0.1) is 0 Å². The molecule has 0 aliphatic heterocycles. The predicted octanol–water partition coefficient (Wildman–Crippen LogP) is 3.77. The molecule has 0 amide bonds. The van der Waals surface area contributed by atoms with E-state index in [0.29, 0.717) is 12.1 Å². The molecular formula is C17H29NO. The van der Waals surface area contributed by atoms with Crippen LogP contribution in [0.3, 0.4) is 0 Å². The summed E-state index contributed by atoms with van der Waals surface area (Å²) < 4.78 is 0. The summed E-state index contributed by atoms with van der Waals surface area (Å²) in [5.41, 5.74) is 1.60. The van der Waals surface area contributed by atoms with Crippen LogP contribution in [0.5, 0.6) is 0 Å². The SMILES string of the molecule is CC(CO)C(C)NC(CC(C)(C)C)c1ccccc1. The highest BCUT2D eigenvalue weighted by molar-refractivity contribution is 5.19. The molecule has 2 nitrogen and oxygen atoms in total. The van der Waals surface area contributed by atoms with E-state index in [0.717, 1.165) is 6.42 Å². The first kappa shape index (κ1) is 16.2. The van der Waals surface area contributed by atoms with Gasteiger partial charge >= 0.3 is 0 Å². The van der Waals surface area contributed by atoms with Crippen LogP contribution in [0.4, 0.5) is 0 Å². The van der Waals surface area contributed by atoms with Gasteiger partial charge in [0.1, 0.15) is 0 Å². The van der Waals surface area contributed by atoms with Gasteiger partial charge in [-0.05, 0) is 30.2 Å². The second-order valence-corrected chi connectivity index (χ2v) is 6.84. The summed E-state index contributed by atoms with van der Waals surface area (Å²) in [5, 5.41) is 13.0. The summed E-state index contributed by atoms with van der Waals surface area (Å²) in [5.74, 6) is 0.270. The first-order valence-electron chi connectivity index (χ1n) is 7.25. The Balaban J connectivity index is 2.82. The van der Waals surface area contributed by atoms with Gasteiger partial charge in [-0.15, -0.1) is 0 Å². The monoisotopic (exact) mass is 263 g/mol. The van der Waals surface area contributed by atoms with Gasteiger partial charge in [0.15, 0.2) is 0 Å². The number of benzene rings is 1. The summed E-state index contributed by atoms with van der Waals surface area (Å²) in [6.45, 7) is 11.3. The fourth-order valence-electron chi connectivity index (χ4n) is 2.21. The summed E-state index contributed by atoms with van der Waals surface area (Å²) in [4.78, 5) is 0. The second kappa shape index (κ2) is 7.06. The van der Waals surface area contributed by atoms with Crippen molar-refractivity contribution in [1.29, 1.82) is 0 Å². The molecule has 0 fully saturated rings. The first-order valence-corrected chi connectivity index (χ1v) is 7.25. The van der Waals surface area contributed by atoms with Crippen LogP contribution in [0.2, 0.25) is 0 Å². The molecule has 19 heavy (non-hydrogen) atoms. The third kappa shape index (κ3) is 5.75. The van der Waals surface area contributed by atoms with Crippen LogP contribution in [0, 0.1) is 11.3 Å². The average molecular weight is 263 g/mol. The van der Waals surface area contributed by atoms with Crippen molar-refractivity contribution in [2.45, 2.75) is 53.1 Å². The Morgan fingerprint density at radius 2 is 1.68 bits per heavy atom. The molecule has 0 saturated carbocycles. The van der Waals surface area contributed by atoms with Gasteiger partial charge < -0.3 is 10.4 Å². The molecule has 2 heteroatoms. The Bertz CT molecular complexity index is 355. The van der Waals surface area contributed by atoms with Crippen LogP contribution in [-0.2, 0) is 0 Å². The lowest BCUT2D eigenvalue weighted by atomic mass is 9.84. The number of hydrogen-bond acceptors (Lipinski definition) is 2. The molecule has 0 bridgehead atoms. The maximum atomic E-state index is 9.28. The van der Waals surface area contributed by atoms with Gasteiger partial charge in [-0.25, -0.2) is 0 Å². The highest BCUT2D eigenvalue weighted by Crippen LogP contribution is 2.30. The molecular weight excluding hydrogens is 234 g/mol. The molecule has 0 aliphatic carbocycles. The van der Waals surface area contributed by atoms with Crippen LogP contribution < -0.4 is 5.32 Å². The van der Waals surface area contributed by atoms with Gasteiger partial charge in [-0.3, -0.25) is 0 Å². The highest BCUT2D eigenvalue weighted by atomic mass is 16.3. The quantitative estimate of drug-likeness (QED) is 0.819. The van der Waals surface area contributed by atoms with Gasteiger partial charge in [-0.2, -0.15) is 0 Å². The molecule has 0 aliphatic rings. The molecule has 2 N–H and O–H groups in total. The van der Waals surface area contributed by atoms with Crippen LogP contribution in [0.25, 0.3) is 0 Å². The van der Waals surface area contributed by atoms with Crippen LogP contribution >= 0.6 is 0 Å². The molecule has 0 aromatic heterocycles. The molecule has 0 saturated heterocycles. The Hall–Kier alpha value is -0.860. The fraction of sp³-hybridized carbons (Fsp3) is 0.647. The van der Waals surface area contributed by atoms with Gasteiger partial charge in [0.25, 0.3) is 0 Å². The normalized spacial score (nSPS) is 16.9. The zero-order chi connectivity index (χ0) is 14.5. The van der Waals surface area contributed by atoms with Crippen molar-refractivity contribution < 1.29 is 5.11 Å². The van der Waals surface area contributed by atoms with E-state index in [-0.39, 0.29) is 17.9 Å². The topological polar surface area (TPSA) is 32.3 Å². The van der Waals surface area contributed by atoms with E-state index in [4.69, 9.17) is 0 Å². The Labute approximate surface area is 118 Å². The molecule has 108 valence electrons. The lowest BCUT2D eigenvalue weighted by Crippen LogP contribution is -2.38. The van der Waals surface area contributed by atoms with E-state index in [2.05, 4.69) is 70.3 Å². The summed E-state index contributed by atoms with van der Waals surface area (Å²) >= 11 is 0. The zero-order valence-electron chi connectivity index (χ0n) is 13.0. The minimum Gasteiger partial charge on any atom is -0.396 e. The summed E-state index contributed by atoms with van der Waals surface area (Å²) in [6.07, 6.45) is 1.08. The van der Waals surface area contributed by atoms with E-state index in [1.165, 1.54) is 5.56 Å². The Morgan fingerprint density at radius 1 is 1.11 bits per heavy atom. The zero-order valence-corrected chi connectivity index (χ0v) is 13.0. The van der Waals surface area contributed by atoms with Crippen molar-refractivity contribution in [2.24, 2.45) is 11.3 Å². The molecule has 0 radical (unpaired) electrons. The van der Waals surface area contributed by atoms with Crippen LogP contribution in [-0.4, -0.2) is 17.8 Å². The maximum absolute atomic E-state index is 9.28. The van der Waals surface area contributed by atoms with Crippen LogP contribution in [0.15, 0.2) is 30.3 Å². The number of hydrogen-bond donors (Lipinski definition) is 2. The van der Waals surface area contributed by atoms with E-state index in [1.54, 1.807) is 0 Å². The first-order chi connectivity index (χ1) is 8.83. The van der Waals surface area contributed by atoms with Gasteiger partial charge in [-0.1, -0.05) is 58.0 Å². The minimum atomic E-state index is 0.227. The molecule has 1 rings (SSSR count). The maximum Gasteiger partial charge on any atom is 0.0471 e. The van der Waals surface area contributed by atoms with Gasteiger partial charge in [0, 0.05) is 18.7 Å². The van der Waals surface area contributed by atoms with Gasteiger partial charge in [0.2, 0.25) is 0 Å². The van der Waals surface area contributed by atoms with Crippen molar-refractivity contribution in [3.05, 3.63) is 35.9 Å². The smallest absolute Gasteiger partial charge is 0.0471 e. The van der Waals surface area contributed by atoms with E-state index in [9.17, 15) is 5.11 Å². The Morgan fingerprint density at radius 3 is 2.16 bits per heavy atom. The number of aliphatic hydroxyl groups is 1. The predicted molar refractivity (Wildman–Crippen MR) is 82.1 cm³/mol. The molecule has 0 heterocycles. The highest BCUT2D eigenvalue weighted by Gasteiger charge is 2.23. The van der Waals surface area contributed by atoms with E-state index >= 15 is 0 Å². The van der Waals surface area contributed by atoms with Crippen molar-refractivity contribution in [2.75, 3.05) is 6.61 Å². The molecule has 0 spiro atoms. The second-order valence-electron chi connectivity index (χ2n) is 6.84. The van der Waals surface area contributed by atoms with E-state index in [1.807, 2.05) is 0 Å². The molecule has 1 aromatic rings. The minimum absolute atomic E-state index is 0.227. The van der Waals surface area contributed by atoms with Crippen molar-refractivity contribution >= 4 is 0 Å². The standard InChI is InChI=1S/C17H29NO/c1-13(12-19)14(2)18-16(11-17(3,4)5)15-9-7-6-8-10-15/h6-10,13-14,16,18-19H,11-12H2,1-5H3. The number of nitrogens with one attached hydrogen (secondary N) is 1. The third-order valence-corrected chi connectivity index (χ3v) is 3.62. The van der Waals surface area contributed by atoms with Crippen molar-refractivity contribution in [3.63, 3.8) is 0 Å². The fourth-order valence-corrected chi connectivity index (χ4v) is 2.21.